The first-order valence-electron chi connectivity index (χ1n) is 7.35. The zero-order valence-corrected chi connectivity index (χ0v) is 13.8. The third kappa shape index (κ3) is 5.39. The Bertz CT molecular complexity index is 514. The van der Waals surface area contributed by atoms with E-state index in [0.717, 1.165) is 0 Å². The fourth-order valence-corrected chi connectivity index (χ4v) is 1.91. The third-order valence-electron chi connectivity index (χ3n) is 3.33. The van der Waals surface area contributed by atoms with E-state index >= 15 is 0 Å². The van der Waals surface area contributed by atoms with E-state index in [1.807, 2.05) is 12.1 Å². The van der Waals surface area contributed by atoms with Crippen molar-refractivity contribution in [3.63, 3.8) is 0 Å². The molecule has 0 aromatic heterocycles. The largest absolute Gasteiger partial charge is 0.548 e. The molecule has 1 amide bonds. The number of ether oxygens (including phenoxy) is 1. The third-order valence-corrected chi connectivity index (χ3v) is 3.33. The van der Waals surface area contributed by atoms with Gasteiger partial charge in [-0.25, -0.2) is 0 Å². The highest BCUT2D eigenvalue weighted by Crippen LogP contribution is 2.24. The van der Waals surface area contributed by atoms with Gasteiger partial charge >= 0.3 is 0 Å². The summed E-state index contributed by atoms with van der Waals surface area (Å²) >= 11 is 0. The lowest BCUT2D eigenvalue weighted by molar-refractivity contribution is -0.309. The van der Waals surface area contributed by atoms with Crippen LogP contribution in [0.4, 0.5) is 0 Å². The van der Waals surface area contributed by atoms with Crippen molar-refractivity contribution >= 4 is 11.9 Å². The number of carbonyl (C=O) groups excluding carboxylic acids is 2. The molecule has 122 valence electrons. The van der Waals surface area contributed by atoms with Gasteiger partial charge in [0, 0.05) is 0 Å². The molecule has 0 saturated heterocycles. The van der Waals surface area contributed by atoms with Crippen LogP contribution in [0, 0.1) is 5.92 Å². The second-order valence-electron chi connectivity index (χ2n) is 6.67. The predicted molar refractivity (Wildman–Crippen MR) is 82.4 cm³/mol. The number of nitrogens with one attached hydrogen (secondary N) is 1. The van der Waals surface area contributed by atoms with Crippen molar-refractivity contribution in [2.45, 2.75) is 46.1 Å². The van der Waals surface area contributed by atoms with Crippen molar-refractivity contribution in [3.8, 4) is 5.75 Å². The monoisotopic (exact) mass is 306 g/mol. The molecule has 0 aliphatic carbocycles. The first kappa shape index (κ1) is 18.0. The lowest BCUT2D eigenvalue weighted by Crippen LogP contribution is -2.51. The van der Waals surface area contributed by atoms with Crippen LogP contribution >= 0.6 is 0 Å². The van der Waals surface area contributed by atoms with Crippen LogP contribution in [0.25, 0.3) is 0 Å². The highest BCUT2D eigenvalue weighted by molar-refractivity contribution is 5.83. The minimum Gasteiger partial charge on any atom is -0.548 e. The summed E-state index contributed by atoms with van der Waals surface area (Å²) in [6.07, 6.45) is 0. The number of aliphatic carboxylic acids is 1. The molecule has 1 aromatic rings. The molecule has 1 N–H and O–H groups in total. The lowest BCUT2D eigenvalue weighted by atomic mass is 9.87. The highest BCUT2D eigenvalue weighted by Gasteiger charge is 2.17. The predicted octanol–water partition coefficient (Wildman–Crippen LogP) is 1.25. The molecule has 0 saturated carbocycles. The highest BCUT2D eigenvalue weighted by atomic mass is 16.5. The van der Waals surface area contributed by atoms with E-state index < -0.39 is 17.9 Å². The van der Waals surface area contributed by atoms with Crippen molar-refractivity contribution in [2.24, 2.45) is 5.92 Å². The standard InChI is InChI=1S/C17H25NO4/c1-11(2)15(16(20)21)18-14(19)10-22-13-8-6-12(7-9-13)17(3,4)5/h6-9,11,15H,10H2,1-5H3,(H,18,19)(H,20,21)/p-1/t15-/m0/s1. The average Bonchev–Trinajstić information content (AvgIpc) is 2.41. The maximum Gasteiger partial charge on any atom is 0.258 e. The maximum absolute atomic E-state index is 11.7. The Morgan fingerprint density at radius 2 is 1.73 bits per heavy atom. The van der Waals surface area contributed by atoms with Crippen LogP contribution in [0.15, 0.2) is 24.3 Å². The Morgan fingerprint density at radius 3 is 2.14 bits per heavy atom. The number of hydrogen-bond acceptors (Lipinski definition) is 4. The number of carbonyl (C=O) groups is 2. The summed E-state index contributed by atoms with van der Waals surface area (Å²) in [5.74, 6) is -1.46. The molecule has 0 fully saturated rings. The molecule has 0 bridgehead atoms. The Balaban J connectivity index is 2.55. The van der Waals surface area contributed by atoms with E-state index in [1.165, 1.54) is 5.56 Å². The van der Waals surface area contributed by atoms with Crippen molar-refractivity contribution in [1.82, 2.24) is 5.32 Å². The minimum absolute atomic E-state index is 0.0505. The molecule has 0 spiro atoms. The van der Waals surface area contributed by atoms with Crippen LogP contribution in [-0.4, -0.2) is 24.5 Å². The molecule has 0 unspecified atom stereocenters. The molecular formula is C17H24NO4-. The van der Waals surface area contributed by atoms with E-state index in [9.17, 15) is 14.7 Å². The van der Waals surface area contributed by atoms with Gasteiger partial charge in [-0.1, -0.05) is 46.8 Å². The summed E-state index contributed by atoms with van der Waals surface area (Å²) in [6.45, 7) is 9.51. The van der Waals surface area contributed by atoms with E-state index in [-0.39, 0.29) is 17.9 Å². The van der Waals surface area contributed by atoms with Gasteiger partial charge in [-0.05, 0) is 29.0 Å². The van der Waals surface area contributed by atoms with E-state index in [4.69, 9.17) is 4.74 Å². The molecule has 0 radical (unpaired) electrons. The van der Waals surface area contributed by atoms with Crippen LogP contribution in [0.2, 0.25) is 0 Å². The summed E-state index contributed by atoms with van der Waals surface area (Å²) in [4.78, 5) is 22.7. The van der Waals surface area contributed by atoms with Gasteiger partial charge in [0.25, 0.3) is 5.91 Å². The van der Waals surface area contributed by atoms with E-state index in [2.05, 4.69) is 26.1 Å². The maximum atomic E-state index is 11.7. The summed E-state index contributed by atoms with van der Waals surface area (Å²) in [5.41, 5.74) is 1.22. The van der Waals surface area contributed by atoms with Crippen LogP contribution in [0.5, 0.6) is 5.75 Å². The van der Waals surface area contributed by atoms with Crippen LogP contribution in [0.1, 0.15) is 40.2 Å². The van der Waals surface area contributed by atoms with Gasteiger partial charge in [0.2, 0.25) is 0 Å². The smallest absolute Gasteiger partial charge is 0.258 e. The van der Waals surface area contributed by atoms with Gasteiger partial charge in [0.05, 0.1) is 12.0 Å². The quantitative estimate of drug-likeness (QED) is 0.858. The number of hydrogen-bond donors (Lipinski definition) is 1. The summed E-state index contributed by atoms with van der Waals surface area (Å²) in [7, 11) is 0. The Labute approximate surface area is 131 Å². The normalized spacial score (nSPS) is 12.8. The number of amides is 1. The van der Waals surface area contributed by atoms with E-state index in [0.29, 0.717) is 5.75 Å². The molecule has 1 rings (SSSR count). The van der Waals surface area contributed by atoms with Gasteiger partial charge in [-0.3, -0.25) is 4.79 Å². The van der Waals surface area contributed by atoms with Crippen molar-refractivity contribution in [3.05, 3.63) is 29.8 Å². The van der Waals surface area contributed by atoms with Gasteiger partial charge in [0.15, 0.2) is 6.61 Å². The molecule has 0 aliphatic rings. The number of carboxylic acid groups (broad SMARTS) is 1. The number of carboxylic acids is 1. The molecular weight excluding hydrogens is 282 g/mol. The molecule has 22 heavy (non-hydrogen) atoms. The van der Waals surface area contributed by atoms with Gasteiger partial charge in [0.1, 0.15) is 5.75 Å². The molecule has 1 atom stereocenters. The molecule has 0 aliphatic heterocycles. The second kappa shape index (κ2) is 7.29. The van der Waals surface area contributed by atoms with Crippen molar-refractivity contribution < 1.29 is 19.4 Å². The summed E-state index contributed by atoms with van der Waals surface area (Å²) < 4.78 is 5.37. The fraction of sp³-hybridized carbons (Fsp3) is 0.529. The summed E-state index contributed by atoms with van der Waals surface area (Å²) in [5, 5.41) is 13.3. The first-order chi connectivity index (χ1) is 10.1. The zero-order chi connectivity index (χ0) is 16.9. The molecule has 5 heteroatoms. The van der Waals surface area contributed by atoms with Crippen LogP contribution in [0.3, 0.4) is 0 Å². The van der Waals surface area contributed by atoms with Crippen molar-refractivity contribution in [1.29, 1.82) is 0 Å². The topological polar surface area (TPSA) is 78.5 Å². The van der Waals surface area contributed by atoms with Crippen molar-refractivity contribution in [2.75, 3.05) is 6.61 Å². The Kier molecular flexibility index (Phi) is 5.97. The van der Waals surface area contributed by atoms with Gasteiger partial charge < -0.3 is 20.0 Å². The van der Waals surface area contributed by atoms with E-state index in [1.54, 1.807) is 26.0 Å². The molecule has 1 aromatic carbocycles. The SMILES string of the molecule is CC(C)[C@H](NC(=O)COc1ccc(C(C)(C)C)cc1)C(=O)[O-]. The first-order valence-corrected chi connectivity index (χ1v) is 7.35. The summed E-state index contributed by atoms with van der Waals surface area (Å²) in [6, 6.07) is 6.48. The number of benzene rings is 1. The Morgan fingerprint density at radius 1 is 1.18 bits per heavy atom. The van der Waals surface area contributed by atoms with Crippen LogP contribution in [-0.2, 0) is 15.0 Å². The molecule has 5 nitrogen and oxygen atoms in total. The average molecular weight is 306 g/mol. The zero-order valence-electron chi connectivity index (χ0n) is 13.8. The lowest BCUT2D eigenvalue weighted by Gasteiger charge is -2.23. The Hall–Kier alpha value is -2.04. The van der Waals surface area contributed by atoms with Crippen LogP contribution < -0.4 is 15.2 Å². The molecule has 0 heterocycles. The fourth-order valence-electron chi connectivity index (χ4n) is 1.91. The van der Waals surface area contributed by atoms with Gasteiger partial charge in [-0.15, -0.1) is 0 Å². The minimum atomic E-state index is -1.29. The van der Waals surface area contributed by atoms with Gasteiger partial charge in [-0.2, -0.15) is 0 Å². The number of rotatable bonds is 6. The second-order valence-corrected chi connectivity index (χ2v) is 6.67.